The van der Waals surface area contributed by atoms with Gasteiger partial charge in [0.2, 0.25) is 0 Å². The van der Waals surface area contributed by atoms with Crippen molar-refractivity contribution in [3.63, 3.8) is 0 Å². The second-order valence-corrected chi connectivity index (χ2v) is 7.79. The van der Waals surface area contributed by atoms with Crippen molar-refractivity contribution >= 4 is 17.7 Å². The van der Waals surface area contributed by atoms with Gasteiger partial charge in [-0.1, -0.05) is 37.7 Å². The Hall–Kier alpha value is -2.67. The van der Waals surface area contributed by atoms with Gasteiger partial charge in [-0.2, -0.15) is 0 Å². The summed E-state index contributed by atoms with van der Waals surface area (Å²) < 4.78 is 12.9. The second kappa shape index (κ2) is 9.01. The molecule has 28 heavy (non-hydrogen) atoms. The Morgan fingerprint density at radius 1 is 1.25 bits per heavy atom. The summed E-state index contributed by atoms with van der Waals surface area (Å²) in [6, 6.07) is 11.2. The van der Waals surface area contributed by atoms with Gasteiger partial charge in [0.25, 0.3) is 5.91 Å². The van der Waals surface area contributed by atoms with Crippen molar-refractivity contribution in [2.75, 3.05) is 7.11 Å². The van der Waals surface area contributed by atoms with Crippen LogP contribution in [0.4, 0.5) is 0 Å². The molecule has 1 unspecified atom stereocenters. The van der Waals surface area contributed by atoms with Gasteiger partial charge in [0, 0.05) is 19.4 Å². The molecule has 0 fully saturated rings. The Balaban J connectivity index is 1.65. The van der Waals surface area contributed by atoms with E-state index in [0.717, 1.165) is 22.2 Å². The molecule has 0 aliphatic heterocycles. The largest absolute Gasteiger partial charge is 0.497 e. The SMILES string of the molecule is COc1ccc(C(NC(=O)c2ccc(CSc3nccn3C)o2)C(C)C)cc1. The Morgan fingerprint density at radius 2 is 2.00 bits per heavy atom. The summed E-state index contributed by atoms with van der Waals surface area (Å²) in [4.78, 5) is 17.0. The number of hydrogen-bond donors (Lipinski definition) is 1. The molecule has 1 atom stereocenters. The Kier molecular flexibility index (Phi) is 6.46. The van der Waals surface area contributed by atoms with Crippen LogP contribution >= 0.6 is 11.8 Å². The van der Waals surface area contributed by atoms with E-state index in [9.17, 15) is 4.79 Å². The zero-order chi connectivity index (χ0) is 20.1. The van der Waals surface area contributed by atoms with Crippen LogP contribution in [0.5, 0.6) is 5.75 Å². The number of amides is 1. The molecule has 3 rings (SSSR count). The molecule has 0 spiro atoms. The summed E-state index contributed by atoms with van der Waals surface area (Å²) in [6.45, 7) is 4.15. The van der Waals surface area contributed by atoms with Crippen molar-refractivity contribution in [1.29, 1.82) is 0 Å². The molecule has 0 saturated carbocycles. The van der Waals surface area contributed by atoms with Gasteiger partial charge < -0.3 is 19.0 Å². The number of carbonyl (C=O) groups is 1. The monoisotopic (exact) mass is 399 g/mol. The van der Waals surface area contributed by atoms with Crippen LogP contribution in [0.15, 0.2) is 58.4 Å². The van der Waals surface area contributed by atoms with Crippen LogP contribution in [-0.2, 0) is 12.8 Å². The highest BCUT2D eigenvalue weighted by molar-refractivity contribution is 7.98. The molecule has 6 nitrogen and oxygen atoms in total. The Labute approximate surface area is 169 Å². The summed E-state index contributed by atoms with van der Waals surface area (Å²) >= 11 is 1.57. The van der Waals surface area contributed by atoms with Gasteiger partial charge >= 0.3 is 0 Å². The van der Waals surface area contributed by atoms with Crippen molar-refractivity contribution in [1.82, 2.24) is 14.9 Å². The molecule has 148 valence electrons. The predicted octanol–water partition coefficient (Wildman–Crippen LogP) is 4.44. The number of carbonyl (C=O) groups excluding carboxylic acids is 1. The number of aromatic nitrogens is 2. The molecule has 0 radical (unpaired) electrons. The van der Waals surface area contributed by atoms with E-state index in [1.807, 2.05) is 48.1 Å². The minimum atomic E-state index is -0.220. The maximum atomic E-state index is 12.7. The molecule has 0 bridgehead atoms. The average Bonchev–Trinajstić information content (AvgIpc) is 3.33. The number of nitrogens with one attached hydrogen (secondary N) is 1. The number of nitrogens with zero attached hydrogens (tertiary/aromatic N) is 2. The van der Waals surface area contributed by atoms with Crippen LogP contribution in [-0.4, -0.2) is 22.6 Å². The lowest BCUT2D eigenvalue weighted by atomic mass is 9.96. The number of benzene rings is 1. The van der Waals surface area contributed by atoms with Crippen LogP contribution in [0, 0.1) is 5.92 Å². The third-order valence-electron chi connectivity index (χ3n) is 4.43. The molecule has 3 aromatic rings. The van der Waals surface area contributed by atoms with Gasteiger partial charge in [-0.25, -0.2) is 4.98 Å². The molecule has 0 aliphatic rings. The third-order valence-corrected chi connectivity index (χ3v) is 5.51. The number of aryl methyl sites for hydroxylation is 1. The highest BCUT2D eigenvalue weighted by atomic mass is 32.2. The summed E-state index contributed by atoms with van der Waals surface area (Å²) in [6.07, 6.45) is 3.66. The molecule has 7 heteroatoms. The lowest BCUT2D eigenvalue weighted by Crippen LogP contribution is -2.31. The number of imidazole rings is 1. The van der Waals surface area contributed by atoms with Crippen LogP contribution in [0.1, 0.15) is 41.8 Å². The molecule has 1 amide bonds. The molecule has 1 aromatic carbocycles. The van der Waals surface area contributed by atoms with Crippen LogP contribution in [0.2, 0.25) is 0 Å². The van der Waals surface area contributed by atoms with Crippen LogP contribution in [0.3, 0.4) is 0 Å². The number of ether oxygens (including phenoxy) is 1. The van der Waals surface area contributed by atoms with E-state index >= 15 is 0 Å². The van der Waals surface area contributed by atoms with Crippen molar-refractivity contribution in [2.45, 2.75) is 30.8 Å². The van der Waals surface area contributed by atoms with Crippen LogP contribution < -0.4 is 10.1 Å². The van der Waals surface area contributed by atoms with E-state index in [4.69, 9.17) is 9.15 Å². The normalized spacial score (nSPS) is 12.2. The average molecular weight is 400 g/mol. The molecular weight excluding hydrogens is 374 g/mol. The summed E-state index contributed by atoms with van der Waals surface area (Å²) in [5, 5.41) is 3.99. The minimum absolute atomic E-state index is 0.117. The van der Waals surface area contributed by atoms with Gasteiger partial charge in [0.05, 0.1) is 18.9 Å². The van der Waals surface area contributed by atoms with Gasteiger partial charge in [-0.05, 0) is 35.7 Å². The standard InChI is InChI=1S/C21H25N3O3S/c1-14(2)19(15-5-7-16(26-4)8-6-15)23-20(25)18-10-9-17(27-18)13-28-21-22-11-12-24(21)3/h5-12,14,19H,13H2,1-4H3,(H,23,25). The first kappa shape index (κ1) is 20.1. The van der Waals surface area contributed by atoms with Crippen molar-refractivity contribution < 1.29 is 13.9 Å². The summed E-state index contributed by atoms with van der Waals surface area (Å²) in [5.41, 5.74) is 1.03. The first-order chi connectivity index (χ1) is 13.5. The highest BCUT2D eigenvalue weighted by Gasteiger charge is 2.21. The summed E-state index contributed by atoms with van der Waals surface area (Å²) in [5.74, 6) is 2.47. The zero-order valence-electron chi connectivity index (χ0n) is 16.5. The molecule has 1 N–H and O–H groups in total. The van der Waals surface area contributed by atoms with E-state index in [-0.39, 0.29) is 17.9 Å². The number of furan rings is 1. The maximum absolute atomic E-state index is 12.7. The third kappa shape index (κ3) is 4.78. The molecule has 0 saturated heterocycles. The van der Waals surface area contributed by atoms with E-state index < -0.39 is 0 Å². The van der Waals surface area contributed by atoms with Gasteiger partial charge in [-0.15, -0.1) is 0 Å². The van der Waals surface area contributed by atoms with Gasteiger partial charge in [0.15, 0.2) is 10.9 Å². The smallest absolute Gasteiger partial charge is 0.287 e. The van der Waals surface area contributed by atoms with Gasteiger partial charge in [0.1, 0.15) is 11.5 Å². The van der Waals surface area contributed by atoms with Gasteiger partial charge in [-0.3, -0.25) is 4.79 Å². The fraction of sp³-hybridized carbons (Fsp3) is 0.333. The molecule has 2 aromatic heterocycles. The lowest BCUT2D eigenvalue weighted by Gasteiger charge is -2.22. The van der Waals surface area contributed by atoms with Crippen molar-refractivity contribution in [2.24, 2.45) is 13.0 Å². The molecule has 0 aliphatic carbocycles. The quantitative estimate of drug-likeness (QED) is 0.567. The second-order valence-electron chi connectivity index (χ2n) is 6.84. The van der Waals surface area contributed by atoms with Crippen LogP contribution in [0.25, 0.3) is 0 Å². The van der Waals surface area contributed by atoms with E-state index in [1.165, 1.54) is 0 Å². The van der Waals surface area contributed by atoms with E-state index in [1.54, 1.807) is 31.1 Å². The fourth-order valence-corrected chi connectivity index (χ4v) is 3.69. The minimum Gasteiger partial charge on any atom is -0.497 e. The predicted molar refractivity (Wildman–Crippen MR) is 110 cm³/mol. The number of thioether (sulfide) groups is 1. The topological polar surface area (TPSA) is 69.3 Å². The highest BCUT2D eigenvalue weighted by Crippen LogP contribution is 2.25. The van der Waals surface area contributed by atoms with E-state index in [0.29, 0.717) is 11.5 Å². The molecular formula is C21H25N3O3S. The Bertz CT molecular complexity index is 915. The van der Waals surface area contributed by atoms with E-state index in [2.05, 4.69) is 24.1 Å². The maximum Gasteiger partial charge on any atom is 0.287 e. The first-order valence-corrected chi connectivity index (χ1v) is 10.1. The molecule has 2 heterocycles. The number of methoxy groups -OCH3 is 1. The summed E-state index contributed by atoms with van der Waals surface area (Å²) in [7, 11) is 3.58. The number of rotatable bonds is 8. The fourth-order valence-electron chi connectivity index (χ4n) is 2.86. The Morgan fingerprint density at radius 3 is 2.61 bits per heavy atom. The first-order valence-electron chi connectivity index (χ1n) is 9.11. The number of hydrogen-bond acceptors (Lipinski definition) is 5. The van der Waals surface area contributed by atoms with Crippen molar-refractivity contribution in [3.05, 3.63) is 65.9 Å². The lowest BCUT2D eigenvalue weighted by molar-refractivity contribution is 0.0896. The van der Waals surface area contributed by atoms with Crippen molar-refractivity contribution in [3.8, 4) is 5.75 Å². The zero-order valence-corrected chi connectivity index (χ0v) is 17.3.